The van der Waals surface area contributed by atoms with E-state index in [4.69, 9.17) is 0 Å². The molecule has 2 bridgehead atoms. The van der Waals surface area contributed by atoms with Crippen molar-refractivity contribution in [1.82, 2.24) is 0 Å². The van der Waals surface area contributed by atoms with Crippen molar-refractivity contribution in [2.45, 2.75) is 38.4 Å². The second kappa shape index (κ2) is 4.56. The van der Waals surface area contributed by atoms with Crippen LogP contribution in [0, 0.1) is 11.3 Å². The summed E-state index contributed by atoms with van der Waals surface area (Å²) in [6.07, 6.45) is 13.8. The Balaban J connectivity index is 2.31. The molecule has 2 aliphatic carbocycles. The summed E-state index contributed by atoms with van der Waals surface area (Å²) in [5.41, 5.74) is -0.274. The zero-order valence-electron chi connectivity index (χ0n) is 9.71. The van der Waals surface area contributed by atoms with Crippen LogP contribution in [0.2, 0.25) is 0 Å². The van der Waals surface area contributed by atoms with Crippen LogP contribution in [0.15, 0.2) is 36.5 Å². The van der Waals surface area contributed by atoms with Crippen LogP contribution in [0.4, 0.5) is 0 Å². The van der Waals surface area contributed by atoms with Crippen LogP contribution in [-0.2, 0) is 0 Å². The van der Waals surface area contributed by atoms with Gasteiger partial charge in [0.15, 0.2) is 0 Å². The highest BCUT2D eigenvalue weighted by atomic mass is 16.3. The van der Waals surface area contributed by atoms with Crippen LogP contribution < -0.4 is 0 Å². The highest BCUT2D eigenvalue weighted by Crippen LogP contribution is 2.42. The number of unbranched alkanes of at least 4 members (excludes halogenated alkanes) is 1. The average Bonchev–Trinajstić information content (AvgIpc) is 2.38. The molecule has 4 atom stereocenters. The quantitative estimate of drug-likeness (QED) is 0.716. The average molecular weight is 220 g/mol. The summed E-state index contributed by atoms with van der Waals surface area (Å²) in [4.78, 5) is 0. The smallest absolute Gasteiger partial charge is 0.0809 e. The molecule has 0 aromatic carbocycles. The minimum Gasteiger partial charge on any atom is -0.391 e. The standard InChI is InChI=1S/C14H20O2/c1-2-3-8-14-9-5-4-6-11(13(14)16)12(15)7-10-14/h4-7,9-13,15-16H,2-3,8H2,1H3. The number of allylic oxidation sites excluding steroid dienone is 2. The van der Waals surface area contributed by atoms with Crippen molar-refractivity contribution in [1.29, 1.82) is 0 Å². The molecule has 0 saturated heterocycles. The third-order valence-electron chi connectivity index (χ3n) is 3.73. The first-order valence-electron chi connectivity index (χ1n) is 6.11. The Labute approximate surface area is 97.0 Å². The summed E-state index contributed by atoms with van der Waals surface area (Å²) in [5.74, 6) is -0.170. The van der Waals surface area contributed by atoms with Crippen molar-refractivity contribution in [2.75, 3.05) is 0 Å². The summed E-state index contributed by atoms with van der Waals surface area (Å²) in [5, 5.41) is 20.2. The Morgan fingerprint density at radius 1 is 1.12 bits per heavy atom. The molecule has 0 fully saturated rings. The maximum absolute atomic E-state index is 10.4. The fourth-order valence-corrected chi connectivity index (χ4v) is 2.65. The van der Waals surface area contributed by atoms with Gasteiger partial charge in [0.2, 0.25) is 0 Å². The number of aliphatic hydroxyl groups is 2. The lowest BCUT2D eigenvalue weighted by molar-refractivity contribution is -0.00710. The Morgan fingerprint density at radius 3 is 2.69 bits per heavy atom. The largest absolute Gasteiger partial charge is 0.391 e. The Hall–Kier alpha value is -0.860. The van der Waals surface area contributed by atoms with Gasteiger partial charge < -0.3 is 10.2 Å². The van der Waals surface area contributed by atoms with E-state index in [1.165, 1.54) is 0 Å². The van der Waals surface area contributed by atoms with E-state index in [1.54, 1.807) is 0 Å². The molecule has 0 aromatic rings. The fraction of sp³-hybridized carbons (Fsp3) is 0.571. The van der Waals surface area contributed by atoms with Crippen molar-refractivity contribution in [3.05, 3.63) is 36.5 Å². The van der Waals surface area contributed by atoms with Crippen molar-refractivity contribution >= 4 is 0 Å². The highest BCUT2D eigenvalue weighted by molar-refractivity contribution is 5.29. The lowest BCUT2D eigenvalue weighted by atomic mass is 9.68. The number of aliphatic hydroxyl groups excluding tert-OH is 2. The van der Waals surface area contributed by atoms with Crippen LogP contribution in [0.5, 0.6) is 0 Å². The van der Waals surface area contributed by atoms with Gasteiger partial charge in [-0.3, -0.25) is 0 Å². The van der Waals surface area contributed by atoms with Crippen LogP contribution >= 0.6 is 0 Å². The van der Waals surface area contributed by atoms with Gasteiger partial charge in [0.25, 0.3) is 0 Å². The van der Waals surface area contributed by atoms with Crippen LogP contribution in [0.1, 0.15) is 26.2 Å². The van der Waals surface area contributed by atoms with E-state index in [9.17, 15) is 10.2 Å². The molecule has 0 saturated carbocycles. The monoisotopic (exact) mass is 220 g/mol. The molecule has 0 spiro atoms. The van der Waals surface area contributed by atoms with Crippen molar-refractivity contribution in [2.24, 2.45) is 11.3 Å². The minimum absolute atomic E-state index is 0.170. The van der Waals surface area contributed by atoms with Gasteiger partial charge >= 0.3 is 0 Å². The Bertz CT molecular complexity index is 330. The molecule has 2 rings (SSSR count). The SMILES string of the molecule is CCCCC12C=CC=CC(C(O)C=C1)C2O. The molecule has 0 radical (unpaired) electrons. The first kappa shape index (κ1) is 11.6. The predicted octanol–water partition coefficient (Wildman–Crippen LogP) is 2.20. The second-order valence-electron chi connectivity index (χ2n) is 4.83. The number of hydrogen-bond donors (Lipinski definition) is 2. The molecule has 0 aromatic heterocycles. The van der Waals surface area contributed by atoms with Crippen molar-refractivity contribution in [3.63, 3.8) is 0 Å². The van der Waals surface area contributed by atoms with Gasteiger partial charge in [0.1, 0.15) is 0 Å². The second-order valence-corrected chi connectivity index (χ2v) is 4.83. The minimum atomic E-state index is -0.555. The maximum Gasteiger partial charge on any atom is 0.0809 e. The third kappa shape index (κ3) is 1.87. The lowest BCUT2D eigenvalue weighted by Gasteiger charge is -2.40. The summed E-state index contributed by atoms with van der Waals surface area (Å²) in [6, 6.07) is 0. The highest BCUT2D eigenvalue weighted by Gasteiger charge is 2.42. The van der Waals surface area contributed by atoms with Gasteiger partial charge in [0.05, 0.1) is 12.2 Å². The van der Waals surface area contributed by atoms with Gasteiger partial charge in [-0.2, -0.15) is 0 Å². The number of fused-ring (bicyclic) bond motifs is 2. The van der Waals surface area contributed by atoms with Crippen LogP contribution in [0.25, 0.3) is 0 Å². The van der Waals surface area contributed by atoms with E-state index in [1.807, 2.05) is 30.4 Å². The van der Waals surface area contributed by atoms with Gasteiger partial charge in [-0.1, -0.05) is 56.2 Å². The predicted molar refractivity (Wildman–Crippen MR) is 64.9 cm³/mol. The van der Waals surface area contributed by atoms with E-state index in [2.05, 4.69) is 13.0 Å². The molecule has 0 amide bonds. The van der Waals surface area contributed by atoms with E-state index >= 15 is 0 Å². The van der Waals surface area contributed by atoms with Gasteiger partial charge in [-0.25, -0.2) is 0 Å². The normalized spacial score (nSPS) is 41.1. The van der Waals surface area contributed by atoms with Crippen molar-refractivity contribution < 1.29 is 10.2 Å². The van der Waals surface area contributed by atoms with Gasteiger partial charge in [-0.05, 0) is 6.42 Å². The number of hydrogen-bond acceptors (Lipinski definition) is 2. The molecular formula is C14H20O2. The molecule has 0 heterocycles. The van der Waals surface area contributed by atoms with Crippen molar-refractivity contribution in [3.8, 4) is 0 Å². The lowest BCUT2D eigenvalue weighted by Crippen LogP contribution is -2.44. The third-order valence-corrected chi connectivity index (χ3v) is 3.73. The molecule has 88 valence electrons. The number of rotatable bonds is 3. The zero-order valence-corrected chi connectivity index (χ0v) is 9.71. The Morgan fingerprint density at radius 2 is 1.94 bits per heavy atom. The van der Waals surface area contributed by atoms with Gasteiger partial charge in [0, 0.05) is 11.3 Å². The molecule has 2 N–H and O–H groups in total. The summed E-state index contributed by atoms with van der Waals surface area (Å²) in [7, 11) is 0. The first-order valence-corrected chi connectivity index (χ1v) is 6.11. The summed E-state index contributed by atoms with van der Waals surface area (Å²) >= 11 is 0. The molecule has 4 unspecified atom stereocenters. The Kier molecular flexibility index (Phi) is 3.31. The van der Waals surface area contributed by atoms with E-state index in [0.29, 0.717) is 0 Å². The first-order chi connectivity index (χ1) is 7.69. The molecular weight excluding hydrogens is 200 g/mol. The van der Waals surface area contributed by atoms with E-state index < -0.39 is 12.2 Å². The van der Waals surface area contributed by atoms with E-state index in [-0.39, 0.29) is 11.3 Å². The molecule has 16 heavy (non-hydrogen) atoms. The maximum atomic E-state index is 10.4. The summed E-state index contributed by atoms with van der Waals surface area (Å²) < 4.78 is 0. The molecule has 2 aliphatic rings. The van der Waals surface area contributed by atoms with Crippen LogP contribution in [0.3, 0.4) is 0 Å². The molecule has 2 nitrogen and oxygen atoms in total. The topological polar surface area (TPSA) is 40.5 Å². The zero-order chi connectivity index (χ0) is 11.6. The van der Waals surface area contributed by atoms with Crippen LogP contribution in [-0.4, -0.2) is 22.4 Å². The summed E-state index contributed by atoms with van der Waals surface area (Å²) in [6.45, 7) is 2.15. The fourth-order valence-electron chi connectivity index (χ4n) is 2.65. The van der Waals surface area contributed by atoms with E-state index in [0.717, 1.165) is 19.3 Å². The molecule has 0 aliphatic heterocycles. The van der Waals surface area contributed by atoms with Gasteiger partial charge in [-0.15, -0.1) is 0 Å². The molecule has 2 heteroatoms.